The molecule has 2 atom stereocenters. The van der Waals surface area contributed by atoms with E-state index >= 15 is 0 Å². The number of aliphatic hydroxyl groups is 1. The van der Waals surface area contributed by atoms with Crippen molar-refractivity contribution in [3.8, 4) is 0 Å². The number of nitrogens with zero attached hydrogens (tertiary/aromatic N) is 1. The normalized spacial score (nSPS) is 27.0. The molecule has 1 fully saturated rings. The van der Waals surface area contributed by atoms with Crippen LogP contribution in [0.3, 0.4) is 0 Å². The summed E-state index contributed by atoms with van der Waals surface area (Å²) >= 11 is 0. The molecule has 78 valence electrons. The molecule has 1 aliphatic rings. The lowest BCUT2D eigenvalue weighted by Gasteiger charge is -2.14. The number of aliphatic hydroxyl groups excluding tert-OH is 1. The highest BCUT2D eigenvalue weighted by molar-refractivity contribution is 4.91. The van der Waals surface area contributed by atoms with Gasteiger partial charge in [-0.05, 0) is 26.2 Å². The van der Waals surface area contributed by atoms with E-state index in [0.717, 1.165) is 25.0 Å². The molecule has 2 N–H and O–H groups in total. The Bertz CT molecular complexity index is 298. The predicted octanol–water partition coefficient (Wildman–Crippen LogP) is 0.986. The molecule has 1 heterocycles. The van der Waals surface area contributed by atoms with Crippen molar-refractivity contribution in [2.75, 3.05) is 0 Å². The van der Waals surface area contributed by atoms with Crippen LogP contribution in [0.1, 0.15) is 30.9 Å². The highest BCUT2D eigenvalue weighted by Crippen LogP contribution is 2.19. The zero-order valence-corrected chi connectivity index (χ0v) is 8.36. The van der Waals surface area contributed by atoms with E-state index in [1.54, 1.807) is 6.20 Å². The van der Waals surface area contributed by atoms with Gasteiger partial charge in [0.2, 0.25) is 5.89 Å². The van der Waals surface area contributed by atoms with Gasteiger partial charge in [-0.15, -0.1) is 0 Å². The maximum absolute atomic E-state index is 9.56. The number of hydrogen-bond acceptors (Lipinski definition) is 4. The molecule has 1 aliphatic carbocycles. The quantitative estimate of drug-likeness (QED) is 0.756. The number of aryl methyl sites for hydroxylation is 1. The van der Waals surface area contributed by atoms with E-state index < -0.39 is 0 Å². The first-order valence-electron chi connectivity index (χ1n) is 5.08. The van der Waals surface area contributed by atoms with Crippen molar-refractivity contribution >= 4 is 0 Å². The average molecular weight is 196 g/mol. The van der Waals surface area contributed by atoms with E-state index in [-0.39, 0.29) is 12.1 Å². The molecule has 1 saturated carbocycles. The summed E-state index contributed by atoms with van der Waals surface area (Å²) < 4.78 is 5.32. The van der Waals surface area contributed by atoms with E-state index in [0.29, 0.717) is 12.4 Å². The third-order valence-electron chi connectivity index (χ3n) is 2.66. The van der Waals surface area contributed by atoms with Gasteiger partial charge in [-0.3, -0.25) is 0 Å². The van der Waals surface area contributed by atoms with Crippen LogP contribution in [0.25, 0.3) is 0 Å². The van der Waals surface area contributed by atoms with Crippen molar-refractivity contribution in [1.29, 1.82) is 0 Å². The molecule has 4 heteroatoms. The third-order valence-corrected chi connectivity index (χ3v) is 2.66. The Morgan fingerprint density at radius 1 is 1.64 bits per heavy atom. The largest absolute Gasteiger partial charge is 0.445 e. The summed E-state index contributed by atoms with van der Waals surface area (Å²) in [6, 6.07) is 0.210. The molecule has 0 bridgehead atoms. The maximum Gasteiger partial charge on any atom is 0.208 e. The maximum atomic E-state index is 9.56. The minimum atomic E-state index is -0.203. The Balaban J connectivity index is 1.82. The topological polar surface area (TPSA) is 58.3 Å². The van der Waals surface area contributed by atoms with Gasteiger partial charge in [-0.2, -0.15) is 0 Å². The van der Waals surface area contributed by atoms with Crippen molar-refractivity contribution < 1.29 is 9.52 Å². The van der Waals surface area contributed by atoms with Gasteiger partial charge < -0.3 is 14.8 Å². The van der Waals surface area contributed by atoms with Gasteiger partial charge in [0.25, 0.3) is 0 Å². The minimum Gasteiger partial charge on any atom is -0.445 e. The number of oxazole rings is 1. The van der Waals surface area contributed by atoms with E-state index in [2.05, 4.69) is 10.3 Å². The molecule has 0 spiro atoms. The highest BCUT2D eigenvalue weighted by atomic mass is 16.4. The summed E-state index contributed by atoms with van der Waals surface area (Å²) in [5.74, 6) is 1.52. The molecule has 0 radical (unpaired) electrons. The first-order chi connectivity index (χ1) is 6.75. The monoisotopic (exact) mass is 196 g/mol. The van der Waals surface area contributed by atoms with Crippen LogP contribution in [0.2, 0.25) is 0 Å². The van der Waals surface area contributed by atoms with Gasteiger partial charge in [0.15, 0.2) is 0 Å². The average Bonchev–Trinajstić information content (AvgIpc) is 2.72. The molecule has 1 aromatic rings. The van der Waals surface area contributed by atoms with Crippen LogP contribution in [0.4, 0.5) is 0 Å². The molecule has 0 aromatic carbocycles. The fraction of sp³-hybridized carbons (Fsp3) is 0.700. The van der Waals surface area contributed by atoms with Crippen molar-refractivity contribution in [2.45, 2.75) is 44.9 Å². The Morgan fingerprint density at radius 3 is 3.07 bits per heavy atom. The minimum absolute atomic E-state index is 0.203. The second-order valence-electron chi connectivity index (χ2n) is 3.85. The molecule has 0 aliphatic heterocycles. The van der Waals surface area contributed by atoms with Gasteiger partial charge in [-0.1, -0.05) is 0 Å². The summed E-state index contributed by atoms with van der Waals surface area (Å²) in [4.78, 5) is 4.09. The van der Waals surface area contributed by atoms with Crippen molar-refractivity contribution in [1.82, 2.24) is 10.3 Å². The van der Waals surface area contributed by atoms with Crippen molar-refractivity contribution in [2.24, 2.45) is 0 Å². The number of nitrogens with one attached hydrogen (secondary N) is 1. The molecule has 0 amide bonds. The molecule has 2 unspecified atom stereocenters. The van der Waals surface area contributed by atoms with Crippen LogP contribution >= 0.6 is 0 Å². The smallest absolute Gasteiger partial charge is 0.208 e. The number of rotatable bonds is 3. The summed E-state index contributed by atoms with van der Waals surface area (Å²) in [7, 11) is 0. The van der Waals surface area contributed by atoms with Gasteiger partial charge >= 0.3 is 0 Å². The number of hydrogen-bond donors (Lipinski definition) is 2. The van der Waals surface area contributed by atoms with Gasteiger partial charge in [0.05, 0.1) is 18.8 Å². The standard InChI is InChI=1S/C10H16N2O2/c1-7-5-12-10(14-7)6-11-8-3-2-4-9(8)13/h5,8-9,11,13H,2-4,6H2,1H3. The Labute approximate surface area is 83.3 Å². The van der Waals surface area contributed by atoms with Crippen molar-refractivity contribution in [3.05, 3.63) is 17.8 Å². The van der Waals surface area contributed by atoms with Gasteiger partial charge in [0.1, 0.15) is 5.76 Å². The SMILES string of the molecule is Cc1cnc(CNC2CCCC2O)o1. The molecule has 2 rings (SSSR count). The summed E-state index contributed by atoms with van der Waals surface area (Å²) in [5, 5.41) is 12.8. The van der Waals surface area contributed by atoms with Crippen LogP contribution in [0.15, 0.2) is 10.6 Å². The Morgan fingerprint density at radius 2 is 2.50 bits per heavy atom. The molecular weight excluding hydrogens is 180 g/mol. The summed E-state index contributed by atoms with van der Waals surface area (Å²) in [5.41, 5.74) is 0. The van der Waals surface area contributed by atoms with Crippen LogP contribution < -0.4 is 5.32 Å². The lowest BCUT2D eigenvalue weighted by Crippen LogP contribution is -2.35. The summed E-state index contributed by atoms with van der Waals surface area (Å²) in [6.45, 7) is 2.48. The zero-order valence-electron chi connectivity index (χ0n) is 8.36. The molecule has 1 aromatic heterocycles. The lowest BCUT2D eigenvalue weighted by molar-refractivity contribution is 0.147. The fourth-order valence-corrected chi connectivity index (χ4v) is 1.88. The number of aromatic nitrogens is 1. The summed E-state index contributed by atoms with van der Waals surface area (Å²) in [6.07, 6.45) is 4.56. The van der Waals surface area contributed by atoms with Crippen LogP contribution in [-0.4, -0.2) is 22.2 Å². The fourth-order valence-electron chi connectivity index (χ4n) is 1.88. The predicted molar refractivity (Wildman–Crippen MR) is 51.7 cm³/mol. The third kappa shape index (κ3) is 2.13. The van der Waals surface area contributed by atoms with Gasteiger partial charge in [-0.25, -0.2) is 4.98 Å². The van der Waals surface area contributed by atoms with E-state index in [9.17, 15) is 5.11 Å². The van der Waals surface area contributed by atoms with Gasteiger partial charge in [0, 0.05) is 6.04 Å². The van der Waals surface area contributed by atoms with E-state index in [1.807, 2.05) is 6.92 Å². The second-order valence-corrected chi connectivity index (χ2v) is 3.85. The Kier molecular flexibility index (Phi) is 2.84. The Hall–Kier alpha value is -0.870. The van der Waals surface area contributed by atoms with Crippen LogP contribution in [-0.2, 0) is 6.54 Å². The van der Waals surface area contributed by atoms with E-state index in [4.69, 9.17) is 4.42 Å². The highest BCUT2D eigenvalue weighted by Gasteiger charge is 2.24. The van der Waals surface area contributed by atoms with Crippen molar-refractivity contribution in [3.63, 3.8) is 0 Å². The molecule has 4 nitrogen and oxygen atoms in total. The molecular formula is C10H16N2O2. The van der Waals surface area contributed by atoms with Crippen LogP contribution in [0.5, 0.6) is 0 Å². The molecule has 14 heavy (non-hydrogen) atoms. The first-order valence-corrected chi connectivity index (χ1v) is 5.08. The second kappa shape index (κ2) is 4.11. The lowest BCUT2D eigenvalue weighted by atomic mass is 10.2. The first kappa shape index (κ1) is 9.68. The van der Waals surface area contributed by atoms with E-state index in [1.165, 1.54) is 0 Å². The zero-order chi connectivity index (χ0) is 9.97. The van der Waals surface area contributed by atoms with Crippen LogP contribution in [0, 0.1) is 6.92 Å². The molecule has 0 saturated heterocycles.